The summed E-state index contributed by atoms with van der Waals surface area (Å²) in [4.78, 5) is 24.1. The lowest BCUT2D eigenvalue weighted by Gasteiger charge is -2.10. The number of fused-ring (bicyclic) bond motifs is 1. The summed E-state index contributed by atoms with van der Waals surface area (Å²) in [5, 5.41) is 6.81. The fraction of sp³-hybridized carbons (Fsp3) is 0.0556. The van der Waals surface area contributed by atoms with E-state index in [1.165, 1.54) is 59.6 Å². The number of carbonyl (C=O) groups is 1. The Morgan fingerprint density at radius 2 is 1.86 bits per heavy atom. The first-order chi connectivity index (χ1) is 13.4. The van der Waals surface area contributed by atoms with E-state index < -0.39 is 17.6 Å². The fourth-order valence-electron chi connectivity index (χ4n) is 2.67. The number of rotatable bonds is 3. The normalized spacial score (nSPS) is 11.5. The van der Waals surface area contributed by atoms with E-state index >= 15 is 0 Å². The predicted molar refractivity (Wildman–Crippen MR) is 93.4 cm³/mol. The molecular weight excluding hydrogens is 373 g/mol. The minimum atomic E-state index is -4.52. The molecule has 4 rings (SSSR count). The van der Waals surface area contributed by atoms with Crippen LogP contribution in [0.25, 0.3) is 16.9 Å². The summed E-state index contributed by atoms with van der Waals surface area (Å²) in [7, 11) is 0. The van der Waals surface area contributed by atoms with Crippen LogP contribution in [-0.2, 0) is 6.18 Å². The molecule has 1 N–H and O–H groups in total. The standard InChI is InChI=1S/C18H11F3N6O/c19-18(20,21)12-4-2-1-3-11(12)13-9-16-24-6-5-15(27(16)26-13)25-17(28)14-10-22-7-8-23-14/h1-10H,(H,25,28). The van der Waals surface area contributed by atoms with Gasteiger partial charge >= 0.3 is 6.18 Å². The molecule has 0 radical (unpaired) electrons. The van der Waals surface area contributed by atoms with E-state index in [-0.39, 0.29) is 28.4 Å². The molecule has 0 fully saturated rings. The van der Waals surface area contributed by atoms with Gasteiger partial charge in [-0.05, 0) is 12.1 Å². The molecule has 10 heteroatoms. The lowest BCUT2D eigenvalue weighted by molar-refractivity contribution is -0.137. The number of carbonyl (C=O) groups excluding carboxylic acids is 1. The Morgan fingerprint density at radius 3 is 2.61 bits per heavy atom. The Balaban J connectivity index is 1.76. The van der Waals surface area contributed by atoms with Crippen LogP contribution in [0.2, 0.25) is 0 Å². The van der Waals surface area contributed by atoms with Crippen LogP contribution >= 0.6 is 0 Å². The van der Waals surface area contributed by atoms with Gasteiger partial charge in [-0.1, -0.05) is 18.2 Å². The number of alkyl halides is 3. The van der Waals surface area contributed by atoms with Gasteiger partial charge in [-0.2, -0.15) is 22.8 Å². The average Bonchev–Trinajstić information content (AvgIpc) is 3.13. The minimum absolute atomic E-state index is 0.0771. The fourth-order valence-corrected chi connectivity index (χ4v) is 2.67. The molecule has 1 amide bonds. The van der Waals surface area contributed by atoms with Crippen LogP contribution in [0.1, 0.15) is 16.1 Å². The highest BCUT2D eigenvalue weighted by Gasteiger charge is 2.34. The summed E-state index contributed by atoms with van der Waals surface area (Å²) < 4.78 is 41.2. The van der Waals surface area contributed by atoms with Crippen molar-refractivity contribution < 1.29 is 18.0 Å². The zero-order valence-corrected chi connectivity index (χ0v) is 14.1. The minimum Gasteiger partial charge on any atom is -0.305 e. The second kappa shape index (κ2) is 6.72. The van der Waals surface area contributed by atoms with E-state index in [2.05, 4.69) is 25.4 Å². The van der Waals surface area contributed by atoms with Crippen molar-refractivity contribution >= 4 is 17.4 Å². The first kappa shape index (κ1) is 17.6. The second-order valence-electron chi connectivity index (χ2n) is 5.72. The summed E-state index contributed by atoms with van der Waals surface area (Å²) >= 11 is 0. The van der Waals surface area contributed by atoms with Gasteiger partial charge in [0.15, 0.2) is 5.65 Å². The van der Waals surface area contributed by atoms with Gasteiger partial charge < -0.3 is 5.32 Å². The lowest BCUT2D eigenvalue weighted by atomic mass is 10.0. The summed E-state index contributed by atoms with van der Waals surface area (Å²) in [6.07, 6.45) is 0.990. The van der Waals surface area contributed by atoms with E-state index in [9.17, 15) is 18.0 Å². The Hall–Kier alpha value is -3.82. The largest absolute Gasteiger partial charge is 0.417 e. The van der Waals surface area contributed by atoms with Crippen molar-refractivity contribution in [1.29, 1.82) is 0 Å². The maximum atomic E-state index is 13.3. The van der Waals surface area contributed by atoms with Crippen LogP contribution in [0.3, 0.4) is 0 Å². The molecule has 3 aromatic heterocycles. The van der Waals surface area contributed by atoms with Gasteiger partial charge in [-0.15, -0.1) is 0 Å². The molecular formula is C18H11F3N6O. The van der Waals surface area contributed by atoms with Gasteiger partial charge in [0.25, 0.3) is 5.91 Å². The average molecular weight is 384 g/mol. The van der Waals surface area contributed by atoms with Gasteiger partial charge in [0.2, 0.25) is 0 Å². The van der Waals surface area contributed by atoms with E-state index in [1.54, 1.807) is 0 Å². The zero-order chi connectivity index (χ0) is 19.7. The smallest absolute Gasteiger partial charge is 0.305 e. The molecule has 3 heterocycles. The Bertz CT molecular complexity index is 1160. The number of aromatic nitrogens is 5. The molecule has 7 nitrogen and oxygen atoms in total. The molecule has 0 aliphatic heterocycles. The predicted octanol–water partition coefficient (Wildman–Crippen LogP) is 3.46. The molecule has 0 unspecified atom stereocenters. The van der Waals surface area contributed by atoms with Crippen LogP contribution in [-0.4, -0.2) is 30.5 Å². The van der Waals surface area contributed by atoms with Gasteiger partial charge in [0.1, 0.15) is 11.5 Å². The summed E-state index contributed by atoms with van der Waals surface area (Å²) in [6.45, 7) is 0. The molecule has 0 bridgehead atoms. The van der Waals surface area contributed by atoms with Gasteiger partial charge in [-0.3, -0.25) is 9.78 Å². The first-order valence-electron chi connectivity index (χ1n) is 8.02. The van der Waals surface area contributed by atoms with Crippen LogP contribution < -0.4 is 5.32 Å². The Morgan fingerprint density at radius 1 is 1.04 bits per heavy atom. The van der Waals surface area contributed by atoms with Crippen LogP contribution in [0.5, 0.6) is 0 Å². The molecule has 28 heavy (non-hydrogen) atoms. The molecule has 0 atom stereocenters. The van der Waals surface area contributed by atoms with E-state index in [0.717, 1.165) is 6.07 Å². The third kappa shape index (κ3) is 3.27. The van der Waals surface area contributed by atoms with Crippen molar-refractivity contribution in [3.05, 3.63) is 72.4 Å². The summed E-state index contributed by atoms with van der Waals surface area (Å²) in [5.74, 6) is -0.301. The number of amides is 1. The van der Waals surface area contributed by atoms with Crippen LogP contribution in [0.15, 0.2) is 61.2 Å². The maximum Gasteiger partial charge on any atom is 0.417 e. The third-order valence-corrected chi connectivity index (χ3v) is 3.90. The second-order valence-corrected chi connectivity index (χ2v) is 5.72. The molecule has 140 valence electrons. The summed E-state index contributed by atoms with van der Waals surface area (Å²) in [5.41, 5.74) is -0.428. The molecule has 0 saturated heterocycles. The number of anilines is 1. The monoisotopic (exact) mass is 384 g/mol. The Labute approximate surface area is 155 Å². The molecule has 0 saturated carbocycles. The molecule has 0 aliphatic carbocycles. The van der Waals surface area contributed by atoms with Gasteiger partial charge in [0, 0.05) is 30.2 Å². The third-order valence-electron chi connectivity index (χ3n) is 3.90. The quantitative estimate of drug-likeness (QED) is 0.585. The van der Waals surface area contributed by atoms with Crippen LogP contribution in [0.4, 0.5) is 19.0 Å². The topological polar surface area (TPSA) is 85.1 Å². The molecule has 0 aliphatic rings. The SMILES string of the molecule is O=C(Nc1ccnc2cc(-c3ccccc3C(F)(F)F)nn12)c1cnccn1. The number of hydrogen-bond acceptors (Lipinski definition) is 5. The van der Waals surface area contributed by atoms with Crippen molar-refractivity contribution in [2.45, 2.75) is 6.18 Å². The molecule has 1 aromatic carbocycles. The number of halogens is 3. The molecule has 0 spiro atoms. The summed E-state index contributed by atoms with van der Waals surface area (Å²) in [6, 6.07) is 8.04. The molecule has 4 aromatic rings. The van der Waals surface area contributed by atoms with Gasteiger partial charge in [-0.25, -0.2) is 9.97 Å². The van der Waals surface area contributed by atoms with E-state index in [0.29, 0.717) is 0 Å². The van der Waals surface area contributed by atoms with Crippen molar-refractivity contribution in [2.75, 3.05) is 5.32 Å². The highest BCUT2D eigenvalue weighted by molar-refractivity contribution is 6.02. The number of nitrogens with zero attached hydrogens (tertiary/aromatic N) is 5. The highest BCUT2D eigenvalue weighted by Crippen LogP contribution is 2.36. The van der Waals surface area contributed by atoms with E-state index in [1.807, 2.05) is 0 Å². The van der Waals surface area contributed by atoms with Crippen molar-refractivity contribution in [2.24, 2.45) is 0 Å². The highest BCUT2D eigenvalue weighted by atomic mass is 19.4. The number of benzene rings is 1. The first-order valence-corrected chi connectivity index (χ1v) is 8.02. The number of nitrogens with one attached hydrogen (secondary N) is 1. The van der Waals surface area contributed by atoms with Gasteiger partial charge in [0.05, 0.1) is 17.5 Å². The maximum absolute atomic E-state index is 13.3. The Kier molecular flexibility index (Phi) is 4.22. The van der Waals surface area contributed by atoms with Crippen molar-refractivity contribution in [3.8, 4) is 11.3 Å². The van der Waals surface area contributed by atoms with Crippen molar-refractivity contribution in [3.63, 3.8) is 0 Å². The van der Waals surface area contributed by atoms with Crippen molar-refractivity contribution in [1.82, 2.24) is 24.6 Å². The van der Waals surface area contributed by atoms with Crippen LogP contribution in [0, 0.1) is 0 Å². The lowest BCUT2D eigenvalue weighted by Crippen LogP contribution is -2.16. The zero-order valence-electron chi connectivity index (χ0n) is 14.1. The number of hydrogen-bond donors (Lipinski definition) is 1. The van der Waals surface area contributed by atoms with E-state index in [4.69, 9.17) is 0 Å².